The number of ether oxygens (including phenoxy) is 1. The van der Waals surface area contributed by atoms with E-state index in [1.807, 2.05) is 6.92 Å². The fourth-order valence-corrected chi connectivity index (χ4v) is 1.66. The van der Waals surface area contributed by atoms with Crippen molar-refractivity contribution >= 4 is 21.9 Å². The first-order valence-electron chi connectivity index (χ1n) is 3.26. The minimum absolute atomic E-state index is 0.102. The Hall–Kier alpha value is -0.510. The van der Waals surface area contributed by atoms with E-state index in [1.165, 1.54) is 0 Å². The smallest absolute Gasteiger partial charge is 0.348 e. The molecule has 0 aliphatic carbocycles. The lowest BCUT2D eigenvalue weighted by atomic mass is 9.93. The third-order valence-electron chi connectivity index (χ3n) is 1.98. The Morgan fingerprint density at radius 3 is 2.64 bits per heavy atom. The predicted molar refractivity (Wildman–Crippen MR) is 43.3 cm³/mol. The van der Waals surface area contributed by atoms with Crippen LogP contribution in [0.3, 0.4) is 0 Å². The summed E-state index contributed by atoms with van der Waals surface area (Å²) < 4.78 is 5.61. The molecule has 0 aromatic carbocycles. The Morgan fingerprint density at radius 2 is 2.45 bits per heavy atom. The Labute approximate surface area is 73.2 Å². The zero-order valence-corrected chi connectivity index (χ0v) is 7.88. The van der Waals surface area contributed by atoms with Crippen LogP contribution in [0.15, 0.2) is 10.7 Å². The summed E-state index contributed by atoms with van der Waals surface area (Å²) in [5.41, 5.74) is -1.10. The van der Waals surface area contributed by atoms with Crippen LogP contribution < -0.4 is 0 Å². The number of carbonyl (C=O) groups is 1. The second-order valence-corrected chi connectivity index (χ2v) is 3.56. The molecule has 0 spiro atoms. The maximum Gasteiger partial charge on any atom is 0.348 e. The highest BCUT2D eigenvalue weighted by molar-refractivity contribution is 9.11. The Kier molecular flexibility index (Phi) is 1.96. The van der Waals surface area contributed by atoms with Crippen LogP contribution in [-0.4, -0.2) is 16.7 Å². The molecule has 2 atom stereocenters. The average molecular weight is 221 g/mol. The van der Waals surface area contributed by atoms with E-state index in [0.29, 0.717) is 4.67 Å². The first kappa shape index (κ1) is 8.59. The van der Waals surface area contributed by atoms with Crippen molar-refractivity contribution in [3.05, 3.63) is 10.7 Å². The number of halogens is 1. The van der Waals surface area contributed by atoms with E-state index in [0.717, 1.165) is 0 Å². The number of carboxylic acids is 1. The van der Waals surface area contributed by atoms with Crippen LogP contribution >= 0.6 is 15.9 Å². The normalized spacial score (nSPS) is 36.3. The van der Waals surface area contributed by atoms with Gasteiger partial charge in [-0.1, -0.05) is 6.92 Å². The lowest BCUT2D eigenvalue weighted by Gasteiger charge is -2.23. The first-order valence-corrected chi connectivity index (χ1v) is 4.06. The Morgan fingerprint density at radius 1 is 1.91 bits per heavy atom. The van der Waals surface area contributed by atoms with Gasteiger partial charge in [-0.3, -0.25) is 0 Å². The lowest BCUT2D eigenvalue weighted by Crippen LogP contribution is -2.39. The third-order valence-corrected chi connectivity index (χ3v) is 2.41. The van der Waals surface area contributed by atoms with Crippen molar-refractivity contribution in [2.45, 2.75) is 19.4 Å². The van der Waals surface area contributed by atoms with E-state index in [2.05, 4.69) is 15.9 Å². The van der Waals surface area contributed by atoms with Crippen molar-refractivity contribution in [1.29, 1.82) is 0 Å². The minimum Gasteiger partial charge on any atom is -0.478 e. The largest absolute Gasteiger partial charge is 0.478 e. The van der Waals surface area contributed by atoms with Gasteiger partial charge in [-0.05, 0) is 28.9 Å². The van der Waals surface area contributed by atoms with Gasteiger partial charge >= 0.3 is 5.97 Å². The van der Waals surface area contributed by atoms with Gasteiger partial charge in [-0.2, -0.15) is 0 Å². The molecule has 0 aromatic heterocycles. The monoisotopic (exact) mass is 220 g/mol. The molecule has 1 N–H and O–H groups in total. The van der Waals surface area contributed by atoms with E-state index in [9.17, 15) is 4.79 Å². The van der Waals surface area contributed by atoms with E-state index in [1.54, 1.807) is 13.0 Å². The maximum atomic E-state index is 10.7. The molecule has 0 saturated carbocycles. The summed E-state index contributed by atoms with van der Waals surface area (Å²) in [7, 11) is 0. The molecule has 0 aromatic rings. The summed E-state index contributed by atoms with van der Waals surface area (Å²) in [5, 5.41) is 8.78. The molecule has 1 aliphatic rings. The molecule has 3 nitrogen and oxygen atoms in total. The van der Waals surface area contributed by atoms with Crippen molar-refractivity contribution in [2.24, 2.45) is 5.92 Å². The highest BCUT2D eigenvalue weighted by atomic mass is 79.9. The van der Waals surface area contributed by atoms with Gasteiger partial charge in [0.25, 0.3) is 0 Å². The van der Waals surface area contributed by atoms with Gasteiger partial charge < -0.3 is 9.84 Å². The molecule has 0 bridgehead atoms. The molecular formula is C7H9BrO3. The maximum absolute atomic E-state index is 10.7. The van der Waals surface area contributed by atoms with Gasteiger partial charge in [0.1, 0.15) is 0 Å². The molecule has 0 saturated heterocycles. The lowest BCUT2D eigenvalue weighted by molar-refractivity contribution is -0.158. The van der Waals surface area contributed by atoms with Crippen molar-refractivity contribution in [3.8, 4) is 0 Å². The van der Waals surface area contributed by atoms with E-state index in [4.69, 9.17) is 9.84 Å². The first-order chi connectivity index (χ1) is 4.97. The van der Waals surface area contributed by atoms with Crippen LogP contribution in [0.1, 0.15) is 13.8 Å². The summed E-state index contributed by atoms with van der Waals surface area (Å²) in [4.78, 5) is 10.7. The van der Waals surface area contributed by atoms with Crippen molar-refractivity contribution in [3.63, 3.8) is 0 Å². The molecule has 4 heteroatoms. The standard InChI is InChI=1S/C7H9BrO3/c1-4-3-5(8)11-7(4,2)6(9)10/h3-4H,1-2H3,(H,9,10). The Bertz CT molecular complexity index is 224. The highest BCUT2D eigenvalue weighted by Crippen LogP contribution is 2.35. The second kappa shape index (κ2) is 2.52. The van der Waals surface area contributed by atoms with Crippen LogP contribution in [0, 0.1) is 5.92 Å². The fraction of sp³-hybridized carbons (Fsp3) is 0.571. The molecule has 1 rings (SSSR count). The summed E-state index contributed by atoms with van der Waals surface area (Å²) in [6, 6.07) is 0. The summed E-state index contributed by atoms with van der Waals surface area (Å²) in [5.74, 6) is -1.04. The zero-order valence-electron chi connectivity index (χ0n) is 6.30. The summed E-state index contributed by atoms with van der Waals surface area (Å²) >= 11 is 3.10. The molecule has 11 heavy (non-hydrogen) atoms. The van der Waals surface area contributed by atoms with Gasteiger partial charge in [0.05, 0.1) is 0 Å². The summed E-state index contributed by atoms with van der Waals surface area (Å²) in [6.45, 7) is 3.37. The topological polar surface area (TPSA) is 46.5 Å². The quantitative estimate of drug-likeness (QED) is 0.733. The molecule has 1 heterocycles. The van der Waals surface area contributed by atoms with E-state index < -0.39 is 11.6 Å². The molecule has 1 aliphatic heterocycles. The van der Waals surface area contributed by atoms with Gasteiger partial charge in [0.15, 0.2) is 4.67 Å². The molecule has 0 amide bonds. The SMILES string of the molecule is CC1C=C(Br)OC1(C)C(=O)O. The highest BCUT2D eigenvalue weighted by Gasteiger charge is 2.44. The van der Waals surface area contributed by atoms with Crippen LogP contribution in [0.5, 0.6) is 0 Å². The fourth-order valence-electron chi connectivity index (χ4n) is 0.924. The van der Waals surface area contributed by atoms with E-state index >= 15 is 0 Å². The van der Waals surface area contributed by atoms with Crippen LogP contribution in [0.2, 0.25) is 0 Å². The summed E-state index contributed by atoms with van der Waals surface area (Å²) in [6.07, 6.45) is 1.74. The van der Waals surface area contributed by atoms with Crippen LogP contribution in [0.25, 0.3) is 0 Å². The van der Waals surface area contributed by atoms with Gasteiger partial charge in [-0.25, -0.2) is 4.79 Å². The van der Waals surface area contributed by atoms with Crippen LogP contribution in [-0.2, 0) is 9.53 Å². The molecule has 62 valence electrons. The zero-order chi connectivity index (χ0) is 8.65. The van der Waals surface area contributed by atoms with Gasteiger partial charge in [0, 0.05) is 5.92 Å². The number of hydrogen-bond acceptors (Lipinski definition) is 2. The number of carboxylic acid groups (broad SMARTS) is 1. The molecule has 2 unspecified atom stereocenters. The minimum atomic E-state index is -1.10. The number of rotatable bonds is 1. The Balaban J connectivity index is 2.86. The van der Waals surface area contributed by atoms with Gasteiger partial charge in [0.2, 0.25) is 5.60 Å². The number of hydrogen-bond donors (Lipinski definition) is 1. The van der Waals surface area contributed by atoms with Crippen molar-refractivity contribution in [2.75, 3.05) is 0 Å². The van der Waals surface area contributed by atoms with Gasteiger partial charge in [-0.15, -0.1) is 0 Å². The van der Waals surface area contributed by atoms with Crippen molar-refractivity contribution < 1.29 is 14.6 Å². The predicted octanol–water partition coefficient (Wildman–Crippen LogP) is 1.73. The van der Waals surface area contributed by atoms with Crippen molar-refractivity contribution in [1.82, 2.24) is 0 Å². The third kappa shape index (κ3) is 1.27. The molecule has 0 fully saturated rings. The van der Waals surface area contributed by atoms with E-state index in [-0.39, 0.29) is 5.92 Å². The van der Waals surface area contributed by atoms with Crippen LogP contribution in [0.4, 0.5) is 0 Å². The average Bonchev–Trinajstić information content (AvgIpc) is 2.08. The molecule has 0 radical (unpaired) electrons. The number of aliphatic carboxylic acids is 1. The second-order valence-electron chi connectivity index (χ2n) is 2.77. The molecular weight excluding hydrogens is 212 g/mol.